The number of anilines is 3. The quantitative estimate of drug-likeness (QED) is 0.710. The van der Waals surface area contributed by atoms with E-state index in [0.717, 1.165) is 10.3 Å². The number of rotatable bonds is 4. The molecule has 0 aliphatic carbocycles. The fourth-order valence-corrected chi connectivity index (χ4v) is 3.10. The van der Waals surface area contributed by atoms with Gasteiger partial charge in [-0.2, -0.15) is 27.3 Å². The van der Waals surface area contributed by atoms with Crippen LogP contribution in [-0.4, -0.2) is 40.9 Å². The van der Waals surface area contributed by atoms with Crippen LogP contribution in [0.5, 0.6) is 0 Å². The highest BCUT2D eigenvalue weighted by atomic mass is 32.2. The van der Waals surface area contributed by atoms with Gasteiger partial charge in [-0.3, -0.25) is 0 Å². The summed E-state index contributed by atoms with van der Waals surface area (Å²) in [6.07, 6.45) is -1.58. The van der Waals surface area contributed by atoms with E-state index in [-0.39, 0.29) is 11.8 Å². The fourth-order valence-electron chi connectivity index (χ4n) is 2.36. The van der Waals surface area contributed by atoms with E-state index in [2.05, 4.69) is 25.7 Å². The average molecular weight is 386 g/mol. The van der Waals surface area contributed by atoms with Crippen molar-refractivity contribution >= 4 is 38.4 Å². The van der Waals surface area contributed by atoms with Gasteiger partial charge in [0.05, 0.1) is 23.7 Å². The summed E-state index contributed by atoms with van der Waals surface area (Å²) in [5.74, 6) is -0.462. The molecule has 0 bridgehead atoms. The van der Waals surface area contributed by atoms with Gasteiger partial charge in [0.25, 0.3) is 10.0 Å². The lowest BCUT2D eigenvalue weighted by Crippen LogP contribution is -2.12. The van der Waals surface area contributed by atoms with E-state index in [4.69, 9.17) is 0 Å². The molecule has 0 atom stereocenters. The van der Waals surface area contributed by atoms with Crippen LogP contribution in [0.3, 0.4) is 0 Å². The Morgan fingerprint density at radius 1 is 1.19 bits per heavy atom. The van der Waals surface area contributed by atoms with Crippen molar-refractivity contribution < 1.29 is 21.6 Å². The number of nitrogens with one attached hydrogen (secondary N) is 2. The molecular weight excluding hydrogens is 373 g/mol. The van der Waals surface area contributed by atoms with Gasteiger partial charge < -0.3 is 10.6 Å². The molecule has 12 heteroatoms. The Bertz CT molecular complexity index is 1080. The summed E-state index contributed by atoms with van der Waals surface area (Å²) in [7, 11) is -2.28. The molecule has 0 aliphatic rings. The second kappa shape index (κ2) is 6.12. The van der Waals surface area contributed by atoms with Crippen molar-refractivity contribution in [2.75, 3.05) is 23.9 Å². The number of fused-ring (bicyclic) bond motifs is 1. The summed E-state index contributed by atoms with van der Waals surface area (Å²) in [5, 5.41) is 9.46. The van der Waals surface area contributed by atoms with Crippen molar-refractivity contribution in [1.82, 2.24) is 19.2 Å². The van der Waals surface area contributed by atoms with E-state index < -0.39 is 21.8 Å². The van der Waals surface area contributed by atoms with Gasteiger partial charge in [0.2, 0.25) is 5.95 Å². The van der Waals surface area contributed by atoms with Crippen molar-refractivity contribution in [2.45, 2.75) is 6.18 Å². The Labute approximate surface area is 146 Å². The van der Waals surface area contributed by atoms with E-state index in [1.165, 1.54) is 13.2 Å². The SMILES string of the molecule is CNc1nc(Nc2cccc3c2cnn3S(C)(=O)=O)ncc1C(F)(F)F. The molecule has 8 nitrogen and oxygen atoms in total. The number of halogens is 3. The van der Waals surface area contributed by atoms with Gasteiger partial charge in [0, 0.05) is 18.6 Å². The summed E-state index contributed by atoms with van der Waals surface area (Å²) in [4.78, 5) is 7.50. The predicted molar refractivity (Wildman–Crippen MR) is 89.8 cm³/mol. The van der Waals surface area contributed by atoms with Gasteiger partial charge >= 0.3 is 6.18 Å². The van der Waals surface area contributed by atoms with E-state index in [0.29, 0.717) is 22.8 Å². The minimum absolute atomic E-state index is 0.0815. The third-order valence-corrected chi connectivity index (χ3v) is 4.39. The van der Waals surface area contributed by atoms with Crippen LogP contribution in [0.4, 0.5) is 30.6 Å². The molecule has 0 amide bonds. The van der Waals surface area contributed by atoms with Gasteiger partial charge in [-0.25, -0.2) is 13.4 Å². The number of benzene rings is 1. The largest absolute Gasteiger partial charge is 0.421 e. The first-order valence-corrected chi connectivity index (χ1v) is 9.02. The summed E-state index contributed by atoms with van der Waals surface area (Å²) in [6, 6.07) is 4.75. The highest BCUT2D eigenvalue weighted by molar-refractivity contribution is 7.89. The minimum atomic E-state index is -4.59. The molecule has 138 valence electrons. The van der Waals surface area contributed by atoms with E-state index in [1.54, 1.807) is 18.2 Å². The second-order valence-corrected chi connectivity index (χ2v) is 7.13. The summed E-state index contributed by atoms with van der Waals surface area (Å²) in [6.45, 7) is 0. The maximum absolute atomic E-state index is 12.9. The van der Waals surface area contributed by atoms with Gasteiger partial charge in [0.15, 0.2) is 0 Å². The van der Waals surface area contributed by atoms with Crippen molar-refractivity contribution in [3.05, 3.63) is 36.2 Å². The van der Waals surface area contributed by atoms with Crippen LogP contribution in [-0.2, 0) is 16.2 Å². The molecule has 0 radical (unpaired) electrons. The molecule has 3 rings (SSSR count). The van der Waals surface area contributed by atoms with Crippen LogP contribution in [0.2, 0.25) is 0 Å². The Morgan fingerprint density at radius 2 is 1.92 bits per heavy atom. The van der Waals surface area contributed by atoms with Crippen LogP contribution in [0, 0.1) is 0 Å². The zero-order chi connectivity index (χ0) is 19.1. The van der Waals surface area contributed by atoms with E-state index in [1.807, 2.05) is 0 Å². The number of aromatic nitrogens is 4. The number of nitrogens with zero attached hydrogens (tertiary/aromatic N) is 4. The Kier molecular flexibility index (Phi) is 4.22. The molecule has 2 heterocycles. The molecule has 3 aromatic rings. The minimum Gasteiger partial charge on any atom is -0.372 e. The molecule has 0 aliphatic heterocycles. The zero-order valence-electron chi connectivity index (χ0n) is 13.5. The Balaban J connectivity index is 2.04. The van der Waals surface area contributed by atoms with Crippen LogP contribution >= 0.6 is 0 Å². The highest BCUT2D eigenvalue weighted by Gasteiger charge is 2.35. The Hall–Kier alpha value is -2.89. The number of alkyl halides is 3. The maximum Gasteiger partial charge on any atom is 0.421 e. The monoisotopic (exact) mass is 386 g/mol. The second-order valence-electron chi connectivity index (χ2n) is 5.32. The summed E-state index contributed by atoms with van der Waals surface area (Å²) in [5.41, 5.74) is -0.272. The van der Waals surface area contributed by atoms with Crippen LogP contribution < -0.4 is 10.6 Å². The summed E-state index contributed by atoms with van der Waals surface area (Å²) < 4.78 is 63.1. The van der Waals surface area contributed by atoms with Crippen molar-refractivity contribution in [3.63, 3.8) is 0 Å². The first-order chi connectivity index (χ1) is 12.1. The maximum atomic E-state index is 12.9. The average Bonchev–Trinajstić information content (AvgIpc) is 2.99. The van der Waals surface area contributed by atoms with Crippen LogP contribution in [0.1, 0.15) is 5.56 Å². The smallest absolute Gasteiger partial charge is 0.372 e. The molecule has 0 saturated heterocycles. The first kappa shape index (κ1) is 17.9. The molecule has 2 aromatic heterocycles. The van der Waals surface area contributed by atoms with E-state index in [9.17, 15) is 21.6 Å². The van der Waals surface area contributed by atoms with Gasteiger partial charge in [0.1, 0.15) is 11.4 Å². The van der Waals surface area contributed by atoms with Gasteiger partial charge in [-0.15, -0.1) is 0 Å². The van der Waals surface area contributed by atoms with Crippen LogP contribution in [0.15, 0.2) is 30.6 Å². The molecule has 0 saturated carbocycles. The molecule has 0 fully saturated rings. The normalized spacial score (nSPS) is 12.3. The number of hydrogen-bond donors (Lipinski definition) is 2. The van der Waals surface area contributed by atoms with Crippen molar-refractivity contribution in [2.24, 2.45) is 0 Å². The lowest BCUT2D eigenvalue weighted by atomic mass is 10.2. The molecular formula is C14H13F3N6O2S. The summed E-state index contributed by atoms with van der Waals surface area (Å²) >= 11 is 0. The van der Waals surface area contributed by atoms with Crippen molar-refractivity contribution in [3.8, 4) is 0 Å². The molecule has 0 unspecified atom stereocenters. The van der Waals surface area contributed by atoms with Crippen LogP contribution in [0.25, 0.3) is 10.9 Å². The molecule has 2 N–H and O–H groups in total. The molecule has 1 aromatic carbocycles. The molecule has 0 spiro atoms. The van der Waals surface area contributed by atoms with Crippen molar-refractivity contribution in [1.29, 1.82) is 0 Å². The lowest BCUT2D eigenvalue weighted by molar-refractivity contribution is -0.137. The van der Waals surface area contributed by atoms with Gasteiger partial charge in [-0.1, -0.05) is 6.07 Å². The fraction of sp³-hybridized carbons (Fsp3) is 0.214. The first-order valence-electron chi connectivity index (χ1n) is 7.17. The number of hydrogen-bond acceptors (Lipinski definition) is 7. The standard InChI is InChI=1S/C14H13F3N6O2S/c1-18-12-9(14(15,16)17)7-19-13(22-12)21-10-4-3-5-11-8(10)6-20-23(11)26(2,24)25/h3-7H,1-2H3,(H2,18,19,21,22). The Morgan fingerprint density at radius 3 is 2.54 bits per heavy atom. The van der Waals surface area contributed by atoms with Gasteiger partial charge in [-0.05, 0) is 12.1 Å². The topological polar surface area (TPSA) is 102 Å². The third-order valence-electron chi connectivity index (χ3n) is 3.47. The highest BCUT2D eigenvalue weighted by Crippen LogP contribution is 2.34. The van der Waals surface area contributed by atoms with E-state index >= 15 is 0 Å². The molecule has 26 heavy (non-hydrogen) atoms. The lowest BCUT2D eigenvalue weighted by Gasteiger charge is -2.13. The zero-order valence-corrected chi connectivity index (χ0v) is 14.4. The third kappa shape index (κ3) is 3.27. The predicted octanol–water partition coefficient (Wildman–Crippen LogP) is 2.44.